The van der Waals surface area contributed by atoms with E-state index in [0.29, 0.717) is 24.0 Å². The highest BCUT2D eigenvalue weighted by Gasteiger charge is 2.26. The van der Waals surface area contributed by atoms with Crippen LogP contribution in [0.2, 0.25) is 0 Å². The third kappa shape index (κ3) is 3.00. The van der Waals surface area contributed by atoms with Crippen LogP contribution in [0.4, 0.5) is 4.39 Å². The van der Waals surface area contributed by atoms with Gasteiger partial charge in [0.15, 0.2) is 9.84 Å². The second-order valence-electron chi connectivity index (χ2n) is 5.02. The Balaban J connectivity index is 2.33. The summed E-state index contributed by atoms with van der Waals surface area (Å²) in [6, 6.07) is 4.02. The molecule has 1 heterocycles. The van der Waals surface area contributed by atoms with E-state index in [-0.39, 0.29) is 10.6 Å². The summed E-state index contributed by atoms with van der Waals surface area (Å²) in [6.45, 7) is 1.30. The van der Waals surface area contributed by atoms with E-state index in [4.69, 9.17) is 0 Å². The van der Waals surface area contributed by atoms with Crippen LogP contribution in [0.5, 0.6) is 0 Å². The van der Waals surface area contributed by atoms with Crippen LogP contribution in [0.15, 0.2) is 23.1 Å². The molecule has 1 aliphatic rings. The van der Waals surface area contributed by atoms with Crippen LogP contribution in [-0.2, 0) is 16.3 Å². The van der Waals surface area contributed by atoms with Crippen molar-refractivity contribution in [2.45, 2.75) is 37.1 Å². The third-order valence-corrected chi connectivity index (χ3v) is 5.24. The number of benzene rings is 1. The number of hydrogen-bond donors (Lipinski definition) is 1. The summed E-state index contributed by atoms with van der Waals surface area (Å²) in [5.41, 5.74) is 1.04. The molecule has 0 bridgehead atoms. The molecule has 1 unspecified atom stereocenters. The largest absolute Gasteiger partial charge is 0.346 e. The van der Waals surface area contributed by atoms with Gasteiger partial charge in [0.25, 0.3) is 5.91 Å². The van der Waals surface area contributed by atoms with Gasteiger partial charge in [-0.2, -0.15) is 0 Å². The van der Waals surface area contributed by atoms with Crippen LogP contribution in [0.3, 0.4) is 0 Å². The van der Waals surface area contributed by atoms with Crippen molar-refractivity contribution < 1.29 is 17.6 Å². The molecular weight excluding hydrogens is 281 g/mol. The first-order chi connectivity index (χ1) is 9.47. The van der Waals surface area contributed by atoms with E-state index in [9.17, 15) is 17.6 Å². The monoisotopic (exact) mass is 299 g/mol. The van der Waals surface area contributed by atoms with Gasteiger partial charge in [-0.05, 0) is 30.5 Å². The summed E-state index contributed by atoms with van der Waals surface area (Å²) >= 11 is 0. The lowest BCUT2D eigenvalue weighted by Gasteiger charge is -2.23. The normalized spacial score (nSPS) is 18.5. The SMILES string of the molecule is CCCCS(=O)(=O)c1ccc2c(c1)C(=O)NC(CF)C2. The van der Waals surface area contributed by atoms with Crippen LogP contribution >= 0.6 is 0 Å². The van der Waals surface area contributed by atoms with E-state index in [1.54, 1.807) is 6.07 Å². The third-order valence-electron chi connectivity index (χ3n) is 3.44. The number of rotatable bonds is 5. The number of amides is 1. The molecule has 4 nitrogen and oxygen atoms in total. The second-order valence-corrected chi connectivity index (χ2v) is 7.13. The Kier molecular flexibility index (Phi) is 4.42. The lowest BCUT2D eigenvalue weighted by Crippen LogP contribution is -2.42. The molecule has 2 rings (SSSR count). The maximum absolute atomic E-state index is 12.6. The van der Waals surface area contributed by atoms with Gasteiger partial charge in [0.1, 0.15) is 6.67 Å². The Morgan fingerprint density at radius 3 is 2.80 bits per heavy atom. The van der Waals surface area contributed by atoms with Crippen molar-refractivity contribution in [3.05, 3.63) is 29.3 Å². The highest BCUT2D eigenvalue weighted by atomic mass is 32.2. The van der Waals surface area contributed by atoms with Crippen molar-refractivity contribution in [3.63, 3.8) is 0 Å². The number of halogens is 1. The Morgan fingerprint density at radius 2 is 2.15 bits per heavy atom. The van der Waals surface area contributed by atoms with Crippen LogP contribution in [-0.4, -0.2) is 32.8 Å². The summed E-state index contributed by atoms with van der Waals surface area (Å²) in [5, 5.41) is 2.54. The van der Waals surface area contributed by atoms with E-state index in [1.807, 2.05) is 6.92 Å². The first kappa shape index (κ1) is 15.0. The Hall–Kier alpha value is -1.43. The van der Waals surface area contributed by atoms with Gasteiger partial charge in [-0.3, -0.25) is 4.79 Å². The van der Waals surface area contributed by atoms with E-state index >= 15 is 0 Å². The van der Waals surface area contributed by atoms with Crippen molar-refractivity contribution in [1.29, 1.82) is 0 Å². The summed E-state index contributed by atoms with van der Waals surface area (Å²) in [6.07, 6.45) is 1.78. The van der Waals surface area contributed by atoms with Gasteiger partial charge in [0, 0.05) is 5.56 Å². The van der Waals surface area contributed by atoms with Crippen LogP contribution in [0.25, 0.3) is 0 Å². The van der Waals surface area contributed by atoms with Gasteiger partial charge in [-0.15, -0.1) is 0 Å². The minimum Gasteiger partial charge on any atom is -0.346 e. The predicted octanol–water partition coefficient (Wildman–Crippen LogP) is 1.88. The summed E-state index contributed by atoms with van der Waals surface area (Å²) < 4.78 is 36.9. The molecule has 6 heteroatoms. The maximum Gasteiger partial charge on any atom is 0.251 e. The molecule has 1 amide bonds. The van der Waals surface area contributed by atoms with Crippen molar-refractivity contribution in [3.8, 4) is 0 Å². The fourth-order valence-electron chi connectivity index (χ4n) is 2.26. The molecule has 0 saturated heterocycles. The molecule has 1 atom stereocenters. The molecule has 1 aromatic carbocycles. The van der Waals surface area contributed by atoms with Gasteiger partial charge in [-0.1, -0.05) is 19.4 Å². The standard InChI is InChI=1S/C14H18FNO3S/c1-2-3-6-20(18,19)12-5-4-10-7-11(9-15)16-14(17)13(10)8-12/h4-5,8,11H,2-3,6-7,9H2,1H3,(H,16,17). The molecule has 0 saturated carbocycles. The Morgan fingerprint density at radius 1 is 1.40 bits per heavy atom. The van der Waals surface area contributed by atoms with Gasteiger partial charge in [0.05, 0.1) is 16.7 Å². The first-order valence-corrected chi connectivity index (χ1v) is 8.35. The zero-order valence-corrected chi connectivity index (χ0v) is 12.2. The molecule has 1 aliphatic heterocycles. The molecule has 0 aromatic heterocycles. The molecule has 0 spiro atoms. The molecular formula is C14H18FNO3S. The smallest absolute Gasteiger partial charge is 0.251 e. The highest BCUT2D eigenvalue weighted by Crippen LogP contribution is 2.22. The van der Waals surface area contributed by atoms with E-state index in [1.165, 1.54) is 12.1 Å². The Labute approximate surface area is 118 Å². The van der Waals surface area contributed by atoms with Crippen LogP contribution in [0.1, 0.15) is 35.7 Å². The molecule has 20 heavy (non-hydrogen) atoms. The number of nitrogens with one attached hydrogen (secondary N) is 1. The number of carbonyl (C=O) groups is 1. The van der Waals surface area contributed by atoms with Gasteiger partial charge < -0.3 is 5.32 Å². The lowest BCUT2D eigenvalue weighted by molar-refractivity contribution is 0.0917. The fourth-order valence-corrected chi connectivity index (χ4v) is 3.74. The molecule has 0 fully saturated rings. The van der Waals surface area contributed by atoms with Gasteiger partial charge in [-0.25, -0.2) is 12.8 Å². The number of unbranched alkanes of at least 4 members (excludes halogenated alkanes) is 1. The zero-order valence-electron chi connectivity index (χ0n) is 11.4. The van der Waals surface area contributed by atoms with Crippen LogP contribution < -0.4 is 5.32 Å². The molecule has 110 valence electrons. The number of carbonyl (C=O) groups excluding carboxylic acids is 1. The quantitative estimate of drug-likeness (QED) is 0.903. The molecule has 1 aromatic rings. The number of alkyl halides is 1. The highest BCUT2D eigenvalue weighted by molar-refractivity contribution is 7.91. The zero-order chi connectivity index (χ0) is 14.8. The first-order valence-electron chi connectivity index (χ1n) is 6.70. The van der Waals surface area contributed by atoms with Crippen molar-refractivity contribution in [1.82, 2.24) is 5.32 Å². The van der Waals surface area contributed by atoms with Gasteiger partial charge >= 0.3 is 0 Å². The van der Waals surface area contributed by atoms with Gasteiger partial charge in [0.2, 0.25) is 0 Å². The molecule has 0 radical (unpaired) electrons. The number of fused-ring (bicyclic) bond motifs is 1. The second kappa shape index (κ2) is 5.91. The summed E-state index contributed by atoms with van der Waals surface area (Å²) in [7, 11) is -3.35. The maximum atomic E-state index is 12.6. The fraction of sp³-hybridized carbons (Fsp3) is 0.500. The van der Waals surface area contributed by atoms with Crippen LogP contribution in [0, 0.1) is 0 Å². The van der Waals surface area contributed by atoms with E-state index in [2.05, 4.69) is 5.32 Å². The average Bonchev–Trinajstić information content (AvgIpc) is 2.44. The molecule has 1 N–H and O–H groups in total. The number of hydrogen-bond acceptors (Lipinski definition) is 3. The van der Waals surface area contributed by atoms with Crippen molar-refractivity contribution >= 4 is 15.7 Å². The number of sulfone groups is 1. The lowest BCUT2D eigenvalue weighted by atomic mass is 9.96. The van der Waals surface area contributed by atoms with Crippen molar-refractivity contribution in [2.75, 3.05) is 12.4 Å². The topological polar surface area (TPSA) is 63.2 Å². The van der Waals surface area contributed by atoms with E-state index < -0.39 is 28.5 Å². The van der Waals surface area contributed by atoms with E-state index in [0.717, 1.165) is 6.42 Å². The minimum absolute atomic E-state index is 0.0804. The summed E-state index contributed by atoms with van der Waals surface area (Å²) in [4.78, 5) is 12.0. The summed E-state index contributed by atoms with van der Waals surface area (Å²) in [5.74, 6) is -0.321. The average molecular weight is 299 g/mol. The van der Waals surface area contributed by atoms with Crippen molar-refractivity contribution in [2.24, 2.45) is 0 Å². The minimum atomic E-state index is -3.35. The predicted molar refractivity (Wildman–Crippen MR) is 74.3 cm³/mol. The molecule has 0 aliphatic carbocycles. The Bertz CT molecular complexity index is 613.